The number of aromatic nitrogens is 2. The molecule has 0 bridgehead atoms. The van der Waals surface area contributed by atoms with Gasteiger partial charge in [-0.25, -0.2) is 0 Å². The minimum Gasteiger partial charge on any atom is -0.497 e. The molecule has 0 atom stereocenters. The number of methoxy groups -OCH3 is 3. The van der Waals surface area contributed by atoms with E-state index in [9.17, 15) is 14.4 Å². The second-order valence-electron chi connectivity index (χ2n) is 6.22. The zero-order valence-electron chi connectivity index (χ0n) is 16.7. The molecule has 0 aliphatic rings. The number of hydrogen-bond acceptors (Lipinski definition) is 6. The van der Waals surface area contributed by atoms with Crippen LogP contribution in [0.5, 0.6) is 17.2 Å². The van der Waals surface area contributed by atoms with Crippen molar-refractivity contribution in [3.05, 3.63) is 75.6 Å². The number of hydrogen-bond donors (Lipinski definition) is 1. The molecule has 0 fully saturated rings. The third-order valence-corrected chi connectivity index (χ3v) is 4.40. The van der Waals surface area contributed by atoms with Crippen molar-refractivity contribution in [1.29, 1.82) is 0 Å². The summed E-state index contributed by atoms with van der Waals surface area (Å²) in [6.07, 6.45) is 2.82. The van der Waals surface area contributed by atoms with E-state index < -0.39 is 17.0 Å². The third-order valence-electron chi connectivity index (χ3n) is 4.40. The van der Waals surface area contributed by atoms with Gasteiger partial charge in [0.1, 0.15) is 23.8 Å². The van der Waals surface area contributed by atoms with Crippen molar-refractivity contribution in [1.82, 2.24) is 9.13 Å². The maximum absolute atomic E-state index is 12.5. The lowest BCUT2D eigenvalue weighted by Crippen LogP contribution is -2.41. The lowest BCUT2D eigenvalue weighted by Gasteiger charge is -2.13. The first kappa shape index (κ1) is 20.7. The first-order valence-electron chi connectivity index (χ1n) is 8.95. The predicted molar refractivity (Wildman–Crippen MR) is 111 cm³/mol. The van der Waals surface area contributed by atoms with Crippen LogP contribution in [0.25, 0.3) is 5.69 Å². The van der Waals surface area contributed by atoms with Crippen LogP contribution in [0.4, 0.5) is 5.69 Å². The van der Waals surface area contributed by atoms with Gasteiger partial charge < -0.3 is 19.5 Å². The van der Waals surface area contributed by atoms with Crippen LogP contribution in [-0.2, 0) is 11.3 Å². The van der Waals surface area contributed by atoms with Gasteiger partial charge in [-0.05, 0) is 36.4 Å². The Kier molecular flexibility index (Phi) is 6.21. The van der Waals surface area contributed by atoms with Crippen molar-refractivity contribution in [3.63, 3.8) is 0 Å². The van der Waals surface area contributed by atoms with Crippen LogP contribution in [0, 0.1) is 0 Å². The molecule has 3 aromatic rings. The van der Waals surface area contributed by atoms with Crippen LogP contribution in [0.15, 0.2) is 64.4 Å². The molecule has 9 nitrogen and oxygen atoms in total. The zero-order valence-corrected chi connectivity index (χ0v) is 16.7. The SMILES string of the molecule is COc1ccc(-n2ccn(CC(=O)Nc3cc(OC)ccc3OC)c(=O)c2=O)cc1. The number of ether oxygens (including phenoxy) is 3. The number of amides is 1. The summed E-state index contributed by atoms with van der Waals surface area (Å²) in [6.45, 7) is -0.335. The molecule has 0 unspecified atom stereocenters. The van der Waals surface area contributed by atoms with E-state index in [2.05, 4.69) is 5.32 Å². The Morgan fingerprint density at radius 2 is 1.53 bits per heavy atom. The molecule has 3 rings (SSSR count). The van der Waals surface area contributed by atoms with Gasteiger partial charge in [0, 0.05) is 24.1 Å². The van der Waals surface area contributed by atoms with Gasteiger partial charge >= 0.3 is 11.1 Å². The highest BCUT2D eigenvalue weighted by atomic mass is 16.5. The highest BCUT2D eigenvalue weighted by molar-refractivity contribution is 5.92. The van der Waals surface area contributed by atoms with Gasteiger partial charge in [0.2, 0.25) is 5.91 Å². The molecular weight excluding hydrogens is 390 g/mol. The first-order valence-corrected chi connectivity index (χ1v) is 8.95. The monoisotopic (exact) mass is 411 g/mol. The number of carbonyl (C=O) groups excluding carboxylic acids is 1. The van der Waals surface area contributed by atoms with Gasteiger partial charge in [0.15, 0.2) is 0 Å². The lowest BCUT2D eigenvalue weighted by atomic mass is 10.2. The average molecular weight is 411 g/mol. The minimum atomic E-state index is -0.818. The molecule has 0 saturated carbocycles. The fraction of sp³-hybridized carbons (Fsp3) is 0.190. The van der Waals surface area contributed by atoms with Crippen LogP contribution >= 0.6 is 0 Å². The van der Waals surface area contributed by atoms with Gasteiger partial charge in [0.05, 0.1) is 27.0 Å². The summed E-state index contributed by atoms with van der Waals surface area (Å²) in [6, 6.07) is 11.6. The number of nitrogens with one attached hydrogen (secondary N) is 1. The van der Waals surface area contributed by atoms with Gasteiger partial charge in [-0.2, -0.15) is 0 Å². The van der Waals surface area contributed by atoms with Gasteiger partial charge in [-0.1, -0.05) is 0 Å². The molecule has 1 aromatic heterocycles. The topological polar surface area (TPSA) is 101 Å². The van der Waals surface area contributed by atoms with Crippen molar-refractivity contribution < 1.29 is 19.0 Å². The molecule has 1 amide bonds. The number of carbonyl (C=O) groups is 1. The molecular formula is C21H21N3O6. The molecule has 0 radical (unpaired) electrons. The van der Waals surface area contributed by atoms with Crippen LogP contribution in [-0.4, -0.2) is 36.4 Å². The number of nitrogens with zero attached hydrogens (tertiary/aromatic N) is 2. The van der Waals surface area contributed by atoms with Gasteiger partial charge in [0.25, 0.3) is 0 Å². The summed E-state index contributed by atoms with van der Waals surface area (Å²) in [5, 5.41) is 2.66. The zero-order chi connectivity index (χ0) is 21.7. The van der Waals surface area contributed by atoms with Crippen LogP contribution in [0.2, 0.25) is 0 Å². The Balaban J connectivity index is 1.82. The molecule has 156 valence electrons. The maximum Gasteiger partial charge on any atom is 0.320 e. The maximum atomic E-state index is 12.5. The van der Waals surface area contributed by atoms with E-state index >= 15 is 0 Å². The highest BCUT2D eigenvalue weighted by Crippen LogP contribution is 2.28. The number of rotatable bonds is 7. The van der Waals surface area contributed by atoms with E-state index in [1.54, 1.807) is 42.5 Å². The summed E-state index contributed by atoms with van der Waals surface area (Å²) in [7, 11) is 4.51. The Morgan fingerprint density at radius 1 is 0.867 bits per heavy atom. The molecule has 1 heterocycles. The molecule has 1 N–H and O–H groups in total. The van der Waals surface area contributed by atoms with Crippen molar-refractivity contribution >= 4 is 11.6 Å². The summed E-state index contributed by atoms with van der Waals surface area (Å²) in [5.74, 6) is 1.10. The van der Waals surface area contributed by atoms with Crippen LogP contribution < -0.4 is 30.6 Å². The molecule has 0 spiro atoms. The van der Waals surface area contributed by atoms with E-state index in [4.69, 9.17) is 14.2 Å². The van der Waals surface area contributed by atoms with Crippen molar-refractivity contribution in [2.45, 2.75) is 6.54 Å². The molecule has 0 aliphatic heterocycles. The minimum absolute atomic E-state index is 0.335. The Labute approximate surface area is 172 Å². The van der Waals surface area contributed by atoms with Crippen molar-refractivity contribution in [2.24, 2.45) is 0 Å². The van der Waals surface area contributed by atoms with E-state index in [1.165, 1.54) is 38.3 Å². The summed E-state index contributed by atoms with van der Waals surface area (Å²) in [4.78, 5) is 37.4. The summed E-state index contributed by atoms with van der Waals surface area (Å²) < 4.78 is 17.7. The fourth-order valence-corrected chi connectivity index (χ4v) is 2.84. The van der Waals surface area contributed by atoms with Gasteiger partial charge in [-0.15, -0.1) is 0 Å². The second kappa shape index (κ2) is 8.99. The van der Waals surface area contributed by atoms with Crippen molar-refractivity contribution in [3.8, 4) is 22.9 Å². The summed E-state index contributed by atoms with van der Waals surface area (Å²) >= 11 is 0. The Hall–Kier alpha value is -4.01. The fourth-order valence-electron chi connectivity index (χ4n) is 2.84. The first-order chi connectivity index (χ1) is 14.5. The standard InChI is InChI=1S/C21H21N3O6/c1-28-15-6-4-14(5-7-15)24-11-10-23(20(26)21(24)27)13-19(25)22-17-12-16(29-2)8-9-18(17)30-3/h4-12H,13H2,1-3H3,(H,22,25). The quantitative estimate of drug-likeness (QED) is 0.594. The van der Waals surface area contributed by atoms with E-state index in [1.807, 2.05) is 0 Å². The third kappa shape index (κ3) is 4.35. The summed E-state index contributed by atoms with van der Waals surface area (Å²) in [5.41, 5.74) is -0.687. The molecule has 0 saturated heterocycles. The largest absolute Gasteiger partial charge is 0.497 e. The van der Waals surface area contributed by atoms with Crippen LogP contribution in [0.1, 0.15) is 0 Å². The molecule has 30 heavy (non-hydrogen) atoms. The number of anilines is 1. The average Bonchev–Trinajstić information content (AvgIpc) is 2.77. The Bertz CT molecular complexity index is 1160. The highest BCUT2D eigenvalue weighted by Gasteiger charge is 2.13. The predicted octanol–water partition coefficient (Wildman–Crippen LogP) is 1.66. The second-order valence-corrected chi connectivity index (χ2v) is 6.22. The van der Waals surface area contributed by atoms with Crippen molar-refractivity contribution in [2.75, 3.05) is 26.6 Å². The number of benzene rings is 2. The van der Waals surface area contributed by atoms with E-state index in [0.717, 1.165) is 4.57 Å². The van der Waals surface area contributed by atoms with Gasteiger partial charge in [-0.3, -0.25) is 23.5 Å². The van der Waals surface area contributed by atoms with E-state index in [0.29, 0.717) is 28.6 Å². The lowest BCUT2D eigenvalue weighted by molar-refractivity contribution is -0.116. The normalized spacial score (nSPS) is 10.4. The smallest absolute Gasteiger partial charge is 0.320 e. The Morgan fingerprint density at radius 3 is 2.17 bits per heavy atom. The molecule has 0 aliphatic carbocycles. The van der Waals surface area contributed by atoms with Crippen LogP contribution in [0.3, 0.4) is 0 Å². The van der Waals surface area contributed by atoms with E-state index in [-0.39, 0.29) is 6.54 Å². The molecule has 9 heteroatoms. The molecule has 2 aromatic carbocycles.